The van der Waals surface area contributed by atoms with Crippen LogP contribution >= 0.6 is 0 Å². The van der Waals surface area contributed by atoms with Crippen molar-refractivity contribution < 1.29 is 14.1 Å². The molecule has 0 amide bonds. The van der Waals surface area contributed by atoms with Gasteiger partial charge < -0.3 is 14.1 Å². The van der Waals surface area contributed by atoms with Crippen LogP contribution in [0.15, 0.2) is 95.4 Å². The van der Waals surface area contributed by atoms with E-state index in [1.807, 2.05) is 24.3 Å². The Balaban J connectivity index is 1.64. The number of hydrogen-bond acceptors (Lipinski definition) is 3. The topological polar surface area (TPSA) is 42.6 Å². The third kappa shape index (κ3) is 2.51. The fourth-order valence-electron chi connectivity index (χ4n) is 4.34. The molecular weight excluding hydrogens is 371 g/mol. The number of rotatable bonds is 3. The van der Waals surface area contributed by atoms with Crippen molar-refractivity contribution in [2.75, 3.05) is 0 Å². The van der Waals surface area contributed by atoms with Gasteiger partial charge in [0, 0.05) is 16.3 Å². The van der Waals surface area contributed by atoms with E-state index in [-0.39, 0.29) is 0 Å². The minimum atomic E-state index is 0.488. The lowest BCUT2D eigenvalue weighted by molar-refractivity contribution is 0.451. The highest BCUT2D eigenvalue weighted by molar-refractivity contribution is 6.19. The summed E-state index contributed by atoms with van der Waals surface area (Å²) in [4.78, 5) is 0. The Morgan fingerprint density at radius 2 is 1.33 bits per heavy atom. The molecule has 1 radical (unpaired) electrons. The molecular formula is C26H16BO3. The molecule has 0 bridgehead atoms. The smallest absolute Gasteiger partial charge is 0.535 e. The molecule has 0 fully saturated rings. The summed E-state index contributed by atoms with van der Waals surface area (Å²) < 4.78 is 11.5. The van der Waals surface area contributed by atoms with Gasteiger partial charge in [0.25, 0.3) is 0 Å². The zero-order chi connectivity index (χ0) is 20.1. The van der Waals surface area contributed by atoms with Crippen molar-refractivity contribution >= 4 is 51.2 Å². The summed E-state index contributed by atoms with van der Waals surface area (Å²) in [6.07, 6.45) is 0. The lowest BCUT2D eigenvalue weighted by Crippen LogP contribution is -1.99. The van der Waals surface area contributed by atoms with Crippen LogP contribution in [0, 0.1) is 0 Å². The third-order valence-electron chi connectivity index (χ3n) is 5.73. The minimum Gasteiger partial charge on any atom is -0.535 e. The van der Waals surface area contributed by atoms with Gasteiger partial charge in [0.1, 0.15) is 11.3 Å². The van der Waals surface area contributed by atoms with Crippen LogP contribution in [0.1, 0.15) is 0 Å². The second-order valence-electron chi connectivity index (χ2n) is 7.36. The summed E-state index contributed by atoms with van der Waals surface area (Å²) in [6.45, 7) is 0. The second kappa shape index (κ2) is 6.65. The largest absolute Gasteiger partial charge is 0.569 e. The van der Waals surface area contributed by atoms with Crippen molar-refractivity contribution in [1.82, 2.24) is 0 Å². The molecule has 30 heavy (non-hydrogen) atoms. The predicted molar refractivity (Wildman–Crippen MR) is 123 cm³/mol. The highest BCUT2D eigenvalue weighted by Crippen LogP contribution is 2.40. The zero-order valence-corrected chi connectivity index (χ0v) is 16.0. The zero-order valence-electron chi connectivity index (χ0n) is 16.0. The van der Waals surface area contributed by atoms with Gasteiger partial charge in [-0.2, -0.15) is 0 Å². The normalized spacial score (nSPS) is 11.5. The number of hydrogen-bond donors (Lipinski definition) is 1. The van der Waals surface area contributed by atoms with E-state index in [2.05, 4.69) is 60.7 Å². The van der Waals surface area contributed by atoms with Gasteiger partial charge in [-0.25, -0.2) is 0 Å². The van der Waals surface area contributed by atoms with E-state index in [1.165, 1.54) is 21.5 Å². The first kappa shape index (κ1) is 17.1. The molecule has 0 spiro atoms. The van der Waals surface area contributed by atoms with E-state index in [1.54, 1.807) is 6.07 Å². The average molecular weight is 387 g/mol. The molecule has 0 saturated carbocycles. The van der Waals surface area contributed by atoms with E-state index in [0.29, 0.717) is 19.0 Å². The van der Waals surface area contributed by atoms with Gasteiger partial charge in [-0.05, 0) is 39.2 Å². The lowest BCUT2D eigenvalue weighted by Gasteiger charge is -2.08. The van der Waals surface area contributed by atoms with Gasteiger partial charge in [-0.15, -0.1) is 0 Å². The molecule has 6 aromatic rings. The molecule has 5 aromatic carbocycles. The Morgan fingerprint density at radius 1 is 0.633 bits per heavy atom. The third-order valence-corrected chi connectivity index (χ3v) is 5.73. The monoisotopic (exact) mass is 387 g/mol. The van der Waals surface area contributed by atoms with Gasteiger partial charge in [-0.1, -0.05) is 78.9 Å². The van der Waals surface area contributed by atoms with E-state index < -0.39 is 0 Å². The van der Waals surface area contributed by atoms with Crippen molar-refractivity contribution in [3.63, 3.8) is 0 Å². The Hall–Kier alpha value is -3.76. The molecule has 1 heterocycles. The maximum atomic E-state index is 9.08. The summed E-state index contributed by atoms with van der Waals surface area (Å²) in [7, 11) is 0.678. The SMILES string of the molecule is O[B]Oc1cccc2c1oc1c(-c3ccc4ccc5ccccc5c4c3)cccc12. The molecule has 1 aromatic heterocycles. The van der Waals surface area contributed by atoms with Crippen molar-refractivity contribution in [3.05, 3.63) is 91.0 Å². The highest BCUT2D eigenvalue weighted by atomic mass is 16.5. The summed E-state index contributed by atoms with van der Waals surface area (Å²) in [6, 6.07) is 31.2. The fourth-order valence-corrected chi connectivity index (χ4v) is 4.34. The van der Waals surface area contributed by atoms with Crippen LogP contribution in [0.5, 0.6) is 5.75 Å². The Bertz CT molecular complexity index is 1570. The summed E-state index contributed by atoms with van der Waals surface area (Å²) in [5, 5.41) is 16.0. The van der Waals surface area contributed by atoms with Crippen LogP contribution in [0.25, 0.3) is 54.6 Å². The number of fused-ring (bicyclic) bond motifs is 6. The fraction of sp³-hybridized carbons (Fsp3) is 0. The molecule has 0 aliphatic carbocycles. The standard InChI is InChI=1S/C26H16BO3/c28-27-30-24-10-4-9-22-21-8-3-7-20(25(21)29-26(22)24)18-14-13-17-12-11-16-5-1-2-6-19(16)23(17)15-18/h1-15,28H. The van der Waals surface area contributed by atoms with Crippen molar-refractivity contribution in [1.29, 1.82) is 0 Å². The highest BCUT2D eigenvalue weighted by Gasteiger charge is 2.15. The Kier molecular flexibility index (Phi) is 3.80. The predicted octanol–water partition coefficient (Wildman–Crippen LogP) is 6.46. The molecule has 1 N–H and O–H groups in total. The maximum Gasteiger partial charge on any atom is 0.569 e. The number of furan rings is 1. The molecule has 0 atom stereocenters. The lowest BCUT2D eigenvalue weighted by atomic mass is 9.96. The molecule has 0 aliphatic rings. The van der Waals surface area contributed by atoms with Gasteiger partial charge >= 0.3 is 7.69 Å². The first-order chi connectivity index (χ1) is 14.8. The molecule has 141 valence electrons. The average Bonchev–Trinajstić information content (AvgIpc) is 3.19. The van der Waals surface area contributed by atoms with Crippen LogP contribution in [-0.4, -0.2) is 12.7 Å². The van der Waals surface area contributed by atoms with Crippen LogP contribution in [-0.2, 0) is 0 Å². The molecule has 3 nitrogen and oxygen atoms in total. The molecule has 0 aliphatic heterocycles. The Labute approximate surface area is 173 Å². The van der Waals surface area contributed by atoms with E-state index in [9.17, 15) is 0 Å². The van der Waals surface area contributed by atoms with Crippen LogP contribution in [0.3, 0.4) is 0 Å². The van der Waals surface area contributed by atoms with Crippen LogP contribution < -0.4 is 4.65 Å². The van der Waals surface area contributed by atoms with E-state index >= 15 is 0 Å². The summed E-state index contributed by atoms with van der Waals surface area (Å²) in [5.41, 5.74) is 3.55. The van der Waals surface area contributed by atoms with Gasteiger partial charge in [0.05, 0.1) is 0 Å². The van der Waals surface area contributed by atoms with Crippen molar-refractivity contribution in [3.8, 4) is 16.9 Å². The van der Waals surface area contributed by atoms with Crippen LogP contribution in [0.4, 0.5) is 0 Å². The molecule has 0 saturated heterocycles. The minimum absolute atomic E-state index is 0.488. The second-order valence-corrected chi connectivity index (χ2v) is 7.36. The maximum absolute atomic E-state index is 9.08. The van der Waals surface area contributed by atoms with E-state index in [4.69, 9.17) is 14.1 Å². The Morgan fingerprint density at radius 3 is 2.20 bits per heavy atom. The van der Waals surface area contributed by atoms with Gasteiger partial charge in [-0.3, -0.25) is 0 Å². The molecule has 0 unspecified atom stereocenters. The quantitative estimate of drug-likeness (QED) is 0.280. The van der Waals surface area contributed by atoms with Crippen LogP contribution in [0.2, 0.25) is 0 Å². The molecule has 6 rings (SSSR count). The van der Waals surface area contributed by atoms with Gasteiger partial charge in [0.15, 0.2) is 5.58 Å². The van der Waals surface area contributed by atoms with Crippen molar-refractivity contribution in [2.45, 2.75) is 0 Å². The van der Waals surface area contributed by atoms with Crippen molar-refractivity contribution in [2.24, 2.45) is 0 Å². The summed E-state index contributed by atoms with van der Waals surface area (Å²) >= 11 is 0. The number of benzene rings is 5. The number of para-hydroxylation sites is 2. The first-order valence-electron chi connectivity index (χ1n) is 9.82. The molecule has 4 heteroatoms. The van der Waals surface area contributed by atoms with Gasteiger partial charge in [0.2, 0.25) is 0 Å². The van der Waals surface area contributed by atoms with E-state index in [0.717, 1.165) is 27.5 Å². The first-order valence-corrected chi connectivity index (χ1v) is 9.82. The summed E-state index contributed by atoms with van der Waals surface area (Å²) in [5.74, 6) is 0.488.